The summed E-state index contributed by atoms with van der Waals surface area (Å²) in [5.74, 6) is 0.543. The van der Waals surface area contributed by atoms with Gasteiger partial charge in [0.25, 0.3) is 0 Å². The zero-order valence-corrected chi connectivity index (χ0v) is 9.51. The van der Waals surface area contributed by atoms with Crippen molar-refractivity contribution in [2.45, 2.75) is 6.92 Å². The van der Waals surface area contributed by atoms with E-state index in [0.29, 0.717) is 5.82 Å². The molecule has 1 aromatic heterocycles. The molecule has 0 amide bonds. The Hall–Kier alpha value is -2.03. The number of rotatable bonds is 2. The second-order valence-corrected chi connectivity index (χ2v) is 3.84. The molecule has 82 valence electrons. The molecule has 3 heteroatoms. The third-order valence-corrected chi connectivity index (χ3v) is 2.55. The maximum Gasteiger partial charge on any atom is 0.123 e. The fraction of sp³-hybridized carbons (Fsp3) is 0.154. The molecule has 1 aromatic carbocycles. The summed E-state index contributed by atoms with van der Waals surface area (Å²) in [4.78, 5) is 6.17. The van der Waals surface area contributed by atoms with Crippen LogP contribution in [0.1, 0.15) is 5.56 Å². The molecule has 0 atom stereocenters. The third-order valence-electron chi connectivity index (χ3n) is 2.55. The standard InChI is InChI=1S/C13H15N3/c1-10-4-3-5-11(8-10)16(2)12-6-7-13(14)15-9-12/h3-9H,1-2H3,(H2,14,15). The number of nitrogens with two attached hydrogens (primary N) is 1. The quantitative estimate of drug-likeness (QED) is 0.834. The largest absolute Gasteiger partial charge is 0.384 e. The molecule has 0 saturated carbocycles. The van der Waals surface area contributed by atoms with Gasteiger partial charge in [0, 0.05) is 12.7 Å². The normalized spacial score (nSPS) is 10.1. The molecule has 0 aliphatic rings. The van der Waals surface area contributed by atoms with Crippen LogP contribution in [0.25, 0.3) is 0 Å². The van der Waals surface area contributed by atoms with Crippen LogP contribution in [0.5, 0.6) is 0 Å². The molecule has 0 unspecified atom stereocenters. The minimum Gasteiger partial charge on any atom is -0.384 e. The second kappa shape index (κ2) is 4.23. The number of aryl methyl sites for hydroxylation is 1. The number of nitrogen functional groups attached to an aromatic ring is 1. The highest BCUT2D eigenvalue weighted by Gasteiger charge is 2.03. The predicted molar refractivity (Wildman–Crippen MR) is 67.9 cm³/mol. The van der Waals surface area contributed by atoms with E-state index in [4.69, 9.17) is 5.73 Å². The molecule has 2 aromatic rings. The van der Waals surface area contributed by atoms with E-state index in [9.17, 15) is 0 Å². The van der Waals surface area contributed by atoms with E-state index >= 15 is 0 Å². The Morgan fingerprint density at radius 1 is 1.12 bits per heavy atom. The van der Waals surface area contributed by atoms with Gasteiger partial charge in [0.2, 0.25) is 0 Å². The van der Waals surface area contributed by atoms with E-state index in [2.05, 4.69) is 35.0 Å². The number of anilines is 3. The zero-order chi connectivity index (χ0) is 11.5. The van der Waals surface area contributed by atoms with Gasteiger partial charge in [-0.05, 0) is 36.8 Å². The van der Waals surface area contributed by atoms with Crippen LogP contribution < -0.4 is 10.6 Å². The van der Waals surface area contributed by atoms with E-state index in [1.54, 1.807) is 6.20 Å². The van der Waals surface area contributed by atoms with Crippen LogP contribution >= 0.6 is 0 Å². The Morgan fingerprint density at radius 2 is 1.94 bits per heavy atom. The smallest absolute Gasteiger partial charge is 0.123 e. The van der Waals surface area contributed by atoms with Crippen LogP contribution in [0.3, 0.4) is 0 Å². The van der Waals surface area contributed by atoms with Gasteiger partial charge in [-0.25, -0.2) is 4.98 Å². The van der Waals surface area contributed by atoms with E-state index in [1.807, 2.05) is 25.2 Å². The van der Waals surface area contributed by atoms with Crippen LogP contribution in [0.4, 0.5) is 17.2 Å². The lowest BCUT2D eigenvalue weighted by molar-refractivity contribution is 1.17. The minimum atomic E-state index is 0.543. The molecule has 0 aliphatic carbocycles. The highest BCUT2D eigenvalue weighted by atomic mass is 15.1. The van der Waals surface area contributed by atoms with E-state index in [1.165, 1.54) is 5.56 Å². The van der Waals surface area contributed by atoms with Crippen LogP contribution in [0.2, 0.25) is 0 Å². The van der Waals surface area contributed by atoms with Crippen LogP contribution in [0.15, 0.2) is 42.6 Å². The molecule has 0 bridgehead atoms. The summed E-state index contributed by atoms with van der Waals surface area (Å²) in [6.07, 6.45) is 1.78. The lowest BCUT2D eigenvalue weighted by Crippen LogP contribution is -2.09. The van der Waals surface area contributed by atoms with Crippen molar-refractivity contribution >= 4 is 17.2 Å². The molecular weight excluding hydrogens is 198 g/mol. The molecule has 16 heavy (non-hydrogen) atoms. The zero-order valence-electron chi connectivity index (χ0n) is 9.51. The highest BCUT2D eigenvalue weighted by Crippen LogP contribution is 2.23. The summed E-state index contributed by atoms with van der Waals surface area (Å²) < 4.78 is 0. The summed E-state index contributed by atoms with van der Waals surface area (Å²) in [6, 6.07) is 12.1. The molecule has 0 aliphatic heterocycles. The second-order valence-electron chi connectivity index (χ2n) is 3.84. The number of pyridine rings is 1. The van der Waals surface area contributed by atoms with Crippen molar-refractivity contribution in [1.82, 2.24) is 4.98 Å². The highest BCUT2D eigenvalue weighted by molar-refractivity contribution is 5.62. The van der Waals surface area contributed by atoms with Crippen molar-refractivity contribution in [2.75, 3.05) is 17.7 Å². The van der Waals surface area contributed by atoms with Crippen molar-refractivity contribution in [3.8, 4) is 0 Å². The monoisotopic (exact) mass is 213 g/mol. The number of hydrogen-bond acceptors (Lipinski definition) is 3. The van der Waals surface area contributed by atoms with Crippen LogP contribution in [-0.2, 0) is 0 Å². The van der Waals surface area contributed by atoms with Crippen LogP contribution in [0, 0.1) is 6.92 Å². The average Bonchev–Trinajstić information content (AvgIpc) is 2.29. The lowest BCUT2D eigenvalue weighted by atomic mass is 10.2. The number of nitrogens with zero attached hydrogens (tertiary/aromatic N) is 2. The van der Waals surface area contributed by atoms with Gasteiger partial charge in [-0.15, -0.1) is 0 Å². The van der Waals surface area contributed by atoms with Crippen molar-refractivity contribution < 1.29 is 0 Å². The van der Waals surface area contributed by atoms with Gasteiger partial charge < -0.3 is 10.6 Å². The number of hydrogen-bond donors (Lipinski definition) is 1. The van der Waals surface area contributed by atoms with Gasteiger partial charge in [-0.2, -0.15) is 0 Å². The van der Waals surface area contributed by atoms with Gasteiger partial charge in [0.05, 0.1) is 11.9 Å². The molecule has 0 fully saturated rings. The lowest BCUT2D eigenvalue weighted by Gasteiger charge is -2.19. The van der Waals surface area contributed by atoms with Gasteiger partial charge in [-0.1, -0.05) is 12.1 Å². The molecule has 2 rings (SSSR count). The molecule has 0 saturated heterocycles. The van der Waals surface area contributed by atoms with Gasteiger partial charge in [-0.3, -0.25) is 0 Å². The molecular formula is C13H15N3. The Balaban J connectivity index is 2.31. The van der Waals surface area contributed by atoms with E-state index in [0.717, 1.165) is 11.4 Å². The molecule has 2 N–H and O–H groups in total. The molecule has 0 radical (unpaired) electrons. The first-order valence-corrected chi connectivity index (χ1v) is 5.19. The summed E-state index contributed by atoms with van der Waals surface area (Å²) >= 11 is 0. The maximum absolute atomic E-state index is 5.56. The Kier molecular flexibility index (Phi) is 2.77. The van der Waals surface area contributed by atoms with Gasteiger partial charge >= 0.3 is 0 Å². The molecule has 0 spiro atoms. The molecule has 1 heterocycles. The average molecular weight is 213 g/mol. The van der Waals surface area contributed by atoms with E-state index in [-0.39, 0.29) is 0 Å². The molecule has 3 nitrogen and oxygen atoms in total. The SMILES string of the molecule is Cc1cccc(N(C)c2ccc(N)nc2)c1. The predicted octanol–water partition coefficient (Wildman–Crippen LogP) is 2.74. The third kappa shape index (κ3) is 2.14. The fourth-order valence-corrected chi connectivity index (χ4v) is 1.58. The maximum atomic E-state index is 5.56. The number of benzene rings is 1. The topological polar surface area (TPSA) is 42.1 Å². The Morgan fingerprint density at radius 3 is 2.56 bits per heavy atom. The summed E-state index contributed by atoms with van der Waals surface area (Å²) in [7, 11) is 2.02. The van der Waals surface area contributed by atoms with Crippen molar-refractivity contribution in [1.29, 1.82) is 0 Å². The van der Waals surface area contributed by atoms with E-state index < -0.39 is 0 Å². The van der Waals surface area contributed by atoms with Crippen molar-refractivity contribution in [3.63, 3.8) is 0 Å². The summed E-state index contributed by atoms with van der Waals surface area (Å²) in [5, 5.41) is 0. The van der Waals surface area contributed by atoms with Crippen molar-refractivity contribution in [2.24, 2.45) is 0 Å². The summed E-state index contributed by atoms with van der Waals surface area (Å²) in [5.41, 5.74) is 8.98. The number of aromatic nitrogens is 1. The summed E-state index contributed by atoms with van der Waals surface area (Å²) in [6.45, 7) is 2.08. The first-order valence-electron chi connectivity index (χ1n) is 5.19. The van der Waals surface area contributed by atoms with Crippen LogP contribution in [-0.4, -0.2) is 12.0 Å². The first kappa shape index (κ1) is 10.5. The Labute approximate surface area is 95.5 Å². The Bertz CT molecular complexity index is 477. The van der Waals surface area contributed by atoms with Crippen molar-refractivity contribution in [3.05, 3.63) is 48.2 Å². The minimum absolute atomic E-state index is 0.543. The fourth-order valence-electron chi connectivity index (χ4n) is 1.58. The van der Waals surface area contributed by atoms with Gasteiger partial charge in [0.15, 0.2) is 0 Å². The van der Waals surface area contributed by atoms with Gasteiger partial charge in [0.1, 0.15) is 5.82 Å². The first-order chi connectivity index (χ1) is 7.66.